The highest BCUT2D eigenvalue weighted by molar-refractivity contribution is 7.22. The van der Waals surface area contributed by atoms with Crippen molar-refractivity contribution in [2.24, 2.45) is 0 Å². The number of aryl methyl sites for hydroxylation is 1. The Morgan fingerprint density at radius 3 is 2.97 bits per heavy atom. The van der Waals surface area contributed by atoms with Crippen LogP contribution in [0.5, 0.6) is 0 Å². The predicted octanol–water partition coefficient (Wildman–Crippen LogP) is 3.33. The molecule has 0 saturated carbocycles. The van der Waals surface area contributed by atoms with Crippen molar-refractivity contribution in [2.45, 2.75) is 32.4 Å². The number of hydrogen-bond acceptors (Lipinski definition) is 8. The van der Waals surface area contributed by atoms with Crippen molar-refractivity contribution >= 4 is 32.7 Å². The van der Waals surface area contributed by atoms with E-state index in [-0.39, 0.29) is 11.9 Å². The molecule has 1 N–H and O–H groups in total. The number of carbonyl (C=O) groups excluding carboxylic acids is 1. The van der Waals surface area contributed by atoms with Crippen LogP contribution in [0.4, 0.5) is 5.13 Å². The maximum absolute atomic E-state index is 12.8. The number of carbonyl (C=O) groups is 1. The molecule has 1 aliphatic heterocycles. The summed E-state index contributed by atoms with van der Waals surface area (Å²) < 4.78 is 5.99. The largest absolute Gasteiger partial charge is 0.350 e. The van der Waals surface area contributed by atoms with Crippen LogP contribution in [0.25, 0.3) is 21.7 Å². The van der Waals surface area contributed by atoms with E-state index >= 15 is 0 Å². The highest BCUT2D eigenvalue weighted by Crippen LogP contribution is 2.34. The zero-order valence-electron chi connectivity index (χ0n) is 16.4. The Kier molecular flexibility index (Phi) is 4.88. The van der Waals surface area contributed by atoms with Crippen LogP contribution in [0, 0.1) is 6.92 Å². The summed E-state index contributed by atoms with van der Waals surface area (Å²) in [6, 6.07) is 11.7. The van der Waals surface area contributed by atoms with Crippen molar-refractivity contribution in [1.29, 1.82) is 0 Å². The maximum atomic E-state index is 12.8. The monoisotopic (exact) mass is 420 g/mol. The molecule has 0 spiro atoms. The first-order chi connectivity index (χ1) is 14.7. The number of nitrogens with zero attached hydrogens (tertiary/aromatic N) is 5. The van der Waals surface area contributed by atoms with Crippen LogP contribution in [-0.4, -0.2) is 38.6 Å². The molecule has 4 heterocycles. The fourth-order valence-electron chi connectivity index (χ4n) is 3.64. The molecular formula is C21H20N6O2S. The Bertz CT molecular complexity index is 1190. The molecule has 1 amide bonds. The highest BCUT2D eigenvalue weighted by atomic mass is 32.1. The minimum absolute atomic E-state index is 0.0338. The maximum Gasteiger partial charge on any atom is 0.243 e. The average molecular weight is 420 g/mol. The lowest BCUT2D eigenvalue weighted by Gasteiger charge is -2.23. The lowest BCUT2D eigenvalue weighted by molar-refractivity contribution is -0.122. The van der Waals surface area contributed by atoms with Gasteiger partial charge in [0, 0.05) is 31.8 Å². The van der Waals surface area contributed by atoms with Gasteiger partial charge in [-0.05, 0) is 24.5 Å². The van der Waals surface area contributed by atoms with E-state index in [1.807, 2.05) is 36.4 Å². The number of amides is 1. The average Bonchev–Trinajstić information content (AvgIpc) is 3.50. The number of anilines is 1. The number of nitrogens with one attached hydrogen (secondary N) is 1. The highest BCUT2D eigenvalue weighted by Gasteiger charge is 2.32. The number of thiazole rings is 1. The van der Waals surface area contributed by atoms with Gasteiger partial charge in [-0.2, -0.15) is 9.97 Å². The number of rotatable bonds is 5. The fourth-order valence-corrected chi connectivity index (χ4v) is 4.68. The molecule has 8 nitrogen and oxygen atoms in total. The summed E-state index contributed by atoms with van der Waals surface area (Å²) in [5.41, 5.74) is 2.53. The van der Waals surface area contributed by atoms with Crippen LogP contribution in [0.3, 0.4) is 0 Å². The first-order valence-corrected chi connectivity index (χ1v) is 10.6. The van der Waals surface area contributed by atoms with E-state index in [4.69, 9.17) is 4.52 Å². The third-order valence-electron chi connectivity index (χ3n) is 5.13. The third kappa shape index (κ3) is 3.63. The van der Waals surface area contributed by atoms with Gasteiger partial charge in [0.25, 0.3) is 0 Å². The van der Waals surface area contributed by atoms with Crippen molar-refractivity contribution in [3.05, 3.63) is 54.0 Å². The summed E-state index contributed by atoms with van der Waals surface area (Å²) in [4.78, 5) is 28.3. The normalized spacial score (nSPS) is 16.3. The Balaban J connectivity index is 1.35. The lowest BCUT2D eigenvalue weighted by Crippen LogP contribution is -2.43. The minimum Gasteiger partial charge on any atom is -0.350 e. The minimum atomic E-state index is -0.214. The van der Waals surface area contributed by atoms with Crippen LogP contribution in [0.1, 0.15) is 24.3 Å². The van der Waals surface area contributed by atoms with E-state index < -0.39 is 0 Å². The number of fused-ring (bicyclic) bond motifs is 1. The molecule has 9 heteroatoms. The SMILES string of the molecule is Cc1nc(-c2cnc3nc(N4CCCC4C(=O)NCc4ccccc4)sc3c2)no1. The molecule has 1 saturated heterocycles. The van der Waals surface area contributed by atoms with Crippen LogP contribution in [-0.2, 0) is 11.3 Å². The summed E-state index contributed by atoms with van der Waals surface area (Å²) in [7, 11) is 0. The van der Waals surface area contributed by atoms with Crippen LogP contribution in [0.15, 0.2) is 47.1 Å². The second kappa shape index (κ2) is 7.83. The van der Waals surface area contributed by atoms with Gasteiger partial charge in [-0.1, -0.05) is 46.8 Å². The molecule has 4 aromatic rings. The Labute approximate surface area is 177 Å². The summed E-state index contributed by atoms with van der Waals surface area (Å²) in [5, 5.41) is 7.83. The summed E-state index contributed by atoms with van der Waals surface area (Å²) in [6.07, 6.45) is 3.47. The van der Waals surface area contributed by atoms with E-state index in [1.165, 1.54) is 11.3 Å². The van der Waals surface area contributed by atoms with Gasteiger partial charge in [0.05, 0.1) is 4.70 Å². The molecule has 0 bridgehead atoms. The molecule has 1 unspecified atom stereocenters. The molecule has 1 aromatic carbocycles. The molecule has 5 rings (SSSR count). The zero-order chi connectivity index (χ0) is 20.5. The van der Waals surface area contributed by atoms with Gasteiger partial charge >= 0.3 is 0 Å². The Morgan fingerprint density at radius 1 is 1.30 bits per heavy atom. The smallest absolute Gasteiger partial charge is 0.243 e. The standard InChI is InChI=1S/C21H20N6O2S/c1-13-24-18(26-29-13)15-10-17-19(22-12-15)25-21(30-17)27-9-5-8-16(27)20(28)23-11-14-6-3-2-4-7-14/h2-4,6-7,10,12,16H,5,8-9,11H2,1H3,(H,23,28). The predicted molar refractivity (Wildman–Crippen MR) is 114 cm³/mol. The van der Waals surface area contributed by atoms with Crippen LogP contribution >= 0.6 is 11.3 Å². The van der Waals surface area contributed by atoms with E-state index in [9.17, 15) is 4.79 Å². The van der Waals surface area contributed by atoms with Gasteiger partial charge < -0.3 is 14.7 Å². The van der Waals surface area contributed by atoms with E-state index in [0.717, 1.165) is 40.3 Å². The van der Waals surface area contributed by atoms with Crippen molar-refractivity contribution in [3.63, 3.8) is 0 Å². The third-order valence-corrected chi connectivity index (χ3v) is 6.16. The van der Waals surface area contributed by atoms with Gasteiger partial charge in [0.15, 0.2) is 10.8 Å². The first kappa shape index (κ1) is 18.7. The van der Waals surface area contributed by atoms with Crippen molar-refractivity contribution < 1.29 is 9.32 Å². The fraction of sp³-hybridized carbons (Fsp3) is 0.286. The molecule has 0 aliphatic carbocycles. The number of hydrogen-bond donors (Lipinski definition) is 1. The lowest BCUT2D eigenvalue weighted by atomic mass is 10.2. The molecule has 152 valence electrons. The van der Waals surface area contributed by atoms with Gasteiger partial charge in [0.2, 0.25) is 17.6 Å². The molecular weight excluding hydrogens is 400 g/mol. The zero-order valence-corrected chi connectivity index (χ0v) is 17.2. The number of aromatic nitrogens is 4. The number of benzene rings is 1. The second-order valence-corrected chi connectivity index (χ2v) is 8.24. The topological polar surface area (TPSA) is 97.0 Å². The van der Waals surface area contributed by atoms with E-state index in [1.54, 1.807) is 13.1 Å². The Morgan fingerprint density at radius 2 is 2.17 bits per heavy atom. The van der Waals surface area contributed by atoms with Crippen molar-refractivity contribution in [1.82, 2.24) is 25.4 Å². The molecule has 0 radical (unpaired) electrons. The summed E-state index contributed by atoms with van der Waals surface area (Å²) >= 11 is 1.53. The van der Waals surface area contributed by atoms with Gasteiger partial charge in [-0.15, -0.1) is 0 Å². The quantitative estimate of drug-likeness (QED) is 0.529. The van der Waals surface area contributed by atoms with Gasteiger partial charge in [-0.25, -0.2) is 4.98 Å². The van der Waals surface area contributed by atoms with Crippen molar-refractivity contribution in [3.8, 4) is 11.4 Å². The van der Waals surface area contributed by atoms with Gasteiger partial charge in [0.1, 0.15) is 6.04 Å². The van der Waals surface area contributed by atoms with Gasteiger partial charge in [-0.3, -0.25) is 4.79 Å². The molecule has 1 atom stereocenters. The number of pyridine rings is 1. The summed E-state index contributed by atoms with van der Waals surface area (Å²) in [5.74, 6) is 1.05. The molecule has 30 heavy (non-hydrogen) atoms. The molecule has 1 fully saturated rings. The van der Waals surface area contributed by atoms with E-state index in [0.29, 0.717) is 23.9 Å². The van der Waals surface area contributed by atoms with E-state index in [2.05, 4.69) is 30.3 Å². The second-order valence-electron chi connectivity index (χ2n) is 7.23. The first-order valence-electron chi connectivity index (χ1n) is 9.83. The summed E-state index contributed by atoms with van der Waals surface area (Å²) in [6.45, 7) is 3.09. The van der Waals surface area contributed by atoms with Crippen LogP contribution in [0.2, 0.25) is 0 Å². The molecule has 3 aromatic heterocycles. The van der Waals surface area contributed by atoms with Crippen molar-refractivity contribution in [2.75, 3.05) is 11.4 Å². The molecule has 1 aliphatic rings. The van der Waals surface area contributed by atoms with Crippen LogP contribution < -0.4 is 10.2 Å². The Hall–Kier alpha value is -3.33.